The molecule has 0 saturated heterocycles. The van der Waals surface area contributed by atoms with Gasteiger partial charge in [-0.2, -0.15) is 0 Å². The van der Waals surface area contributed by atoms with Gasteiger partial charge in [-0.1, -0.05) is 4.68 Å². The molecule has 0 fully saturated rings. The molecule has 2 heterocycles. The quantitative estimate of drug-likeness (QED) is 0.573. The van der Waals surface area contributed by atoms with Gasteiger partial charge >= 0.3 is 0 Å². The van der Waals surface area contributed by atoms with E-state index < -0.39 is 15.9 Å². The molecule has 2 aromatic heterocycles. The summed E-state index contributed by atoms with van der Waals surface area (Å²) in [5.74, 6) is 0.214. The van der Waals surface area contributed by atoms with Crippen LogP contribution in [0.5, 0.6) is 0 Å². The Bertz CT molecular complexity index is 575. The molecule has 6 nitrogen and oxygen atoms in total. The standard InChI is InChI=1S/C10H10N2O4S/c13-17(14,15)7-5-12-4-3-9(8-11-12)10-2-1-6-16-10/h1-4,6,8H,5,7H2. The van der Waals surface area contributed by atoms with Crippen LogP contribution in [0.4, 0.5) is 0 Å². The van der Waals surface area contributed by atoms with Crippen LogP contribution in [-0.2, 0) is 16.7 Å². The maximum atomic E-state index is 10.4. The highest BCUT2D eigenvalue weighted by Gasteiger charge is 2.07. The van der Waals surface area contributed by atoms with E-state index in [1.165, 1.54) is 4.68 Å². The Labute approximate surface area is 98.3 Å². The minimum absolute atomic E-state index is 0.0459. The van der Waals surface area contributed by atoms with E-state index in [0.717, 1.165) is 5.56 Å². The third kappa shape index (κ3) is 3.36. The first-order valence-corrected chi connectivity index (χ1v) is 6.45. The maximum absolute atomic E-state index is 10.4. The van der Waals surface area contributed by atoms with Gasteiger partial charge in [0.05, 0.1) is 12.0 Å². The lowest BCUT2D eigenvalue weighted by molar-refractivity contribution is -0.750. The molecule has 17 heavy (non-hydrogen) atoms. The van der Waals surface area contributed by atoms with E-state index >= 15 is 0 Å². The summed E-state index contributed by atoms with van der Waals surface area (Å²) < 4.78 is 37.9. The van der Waals surface area contributed by atoms with Gasteiger partial charge in [-0.3, -0.25) is 0 Å². The Morgan fingerprint density at radius 3 is 2.76 bits per heavy atom. The van der Waals surface area contributed by atoms with Gasteiger partial charge in [0.2, 0.25) is 0 Å². The van der Waals surface area contributed by atoms with Gasteiger partial charge in [0, 0.05) is 11.6 Å². The Kier molecular flexibility index (Phi) is 3.21. The first-order valence-electron chi connectivity index (χ1n) is 4.88. The van der Waals surface area contributed by atoms with Crippen LogP contribution < -0.4 is 4.68 Å². The lowest BCUT2D eigenvalue weighted by Gasteiger charge is -2.02. The average Bonchev–Trinajstić information content (AvgIpc) is 2.79. The predicted molar refractivity (Wildman–Crippen MR) is 56.7 cm³/mol. The molecule has 0 aromatic carbocycles. The van der Waals surface area contributed by atoms with Gasteiger partial charge < -0.3 is 8.97 Å². The molecule has 0 aliphatic rings. The van der Waals surface area contributed by atoms with E-state index in [-0.39, 0.29) is 6.54 Å². The second-order valence-corrected chi connectivity index (χ2v) is 4.94. The molecule has 2 rings (SSSR count). The first-order chi connectivity index (χ1) is 8.04. The van der Waals surface area contributed by atoms with Gasteiger partial charge in [-0.05, 0) is 17.2 Å². The van der Waals surface area contributed by atoms with Crippen LogP contribution in [0.3, 0.4) is 0 Å². The number of aryl methyl sites for hydroxylation is 1. The third-order valence-electron chi connectivity index (χ3n) is 2.15. The van der Waals surface area contributed by atoms with Gasteiger partial charge in [0.1, 0.15) is 22.1 Å². The van der Waals surface area contributed by atoms with Crippen LogP contribution in [-0.4, -0.2) is 23.8 Å². The lowest BCUT2D eigenvalue weighted by atomic mass is 10.2. The topological polar surface area (TPSA) is 87.1 Å². The minimum atomic E-state index is -4.21. The highest BCUT2D eigenvalue weighted by atomic mass is 32.2. The zero-order chi connectivity index (χ0) is 12.3. The van der Waals surface area contributed by atoms with Crippen molar-refractivity contribution in [3.05, 3.63) is 36.9 Å². The number of furan rings is 1. The Morgan fingerprint density at radius 2 is 2.24 bits per heavy atom. The maximum Gasteiger partial charge on any atom is 0.197 e. The van der Waals surface area contributed by atoms with Gasteiger partial charge in [-0.25, -0.2) is 8.42 Å². The van der Waals surface area contributed by atoms with Crippen LogP contribution in [0, 0.1) is 0 Å². The van der Waals surface area contributed by atoms with Crippen LogP contribution >= 0.6 is 0 Å². The van der Waals surface area contributed by atoms with Crippen molar-refractivity contribution >= 4 is 10.1 Å². The van der Waals surface area contributed by atoms with Gasteiger partial charge in [0.15, 0.2) is 12.7 Å². The first kappa shape index (κ1) is 11.7. The van der Waals surface area contributed by atoms with E-state index in [1.807, 2.05) is 0 Å². The molecule has 2 aromatic rings. The van der Waals surface area contributed by atoms with E-state index in [4.69, 9.17) is 4.42 Å². The van der Waals surface area contributed by atoms with E-state index in [1.54, 1.807) is 36.9 Å². The molecule has 0 N–H and O–H groups in total. The fraction of sp³-hybridized carbons (Fsp3) is 0.200. The fourth-order valence-corrected chi connectivity index (χ4v) is 1.72. The molecular formula is C10H10N2O4S. The number of rotatable bonds is 4. The molecular weight excluding hydrogens is 244 g/mol. The van der Waals surface area contributed by atoms with Crippen LogP contribution in [0.25, 0.3) is 11.3 Å². The predicted octanol–water partition coefficient (Wildman–Crippen LogP) is 0.174. The lowest BCUT2D eigenvalue weighted by Crippen LogP contribution is -2.40. The summed E-state index contributed by atoms with van der Waals surface area (Å²) in [5, 5.41) is 3.99. The molecule has 0 aliphatic carbocycles. The normalized spacial score (nSPS) is 11.6. The van der Waals surface area contributed by atoms with E-state index in [9.17, 15) is 13.0 Å². The summed E-state index contributed by atoms with van der Waals surface area (Å²) in [6.07, 6.45) is 4.71. The molecule has 0 unspecified atom stereocenters. The average molecular weight is 254 g/mol. The molecule has 0 aliphatic heterocycles. The number of aromatic nitrogens is 2. The van der Waals surface area contributed by atoms with Gasteiger partial charge in [-0.15, -0.1) is 0 Å². The number of hydrogen-bond donors (Lipinski definition) is 0. The van der Waals surface area contributed by atoms with Crippen LogP contribution in [0.15, 0.2) is 41.3 Å². The van der Waals surface area contributed by atoms with Crippen molar-refractivity contribution in [3.8, 4) is 11.3 Å². The zero-order valence-corrected chi connectivity index (χ0v) is 9.63. The third-order valence-corrected chi connectivity index (χ3v) is 2.83. The summed E-state index contributed by atoms with van der Waals surface area (Å²) in [5.41, 5.74) is 0.788. The zero-order valence-electron chi connectivity index (χ0n) is 8.81. The largest absolute Gasteiger partial charge is 0.748 e. The Morgan fingerprint density at radius 1 is 1.41 bits per heavy atom. The molecule has 0 bridgehead atoms. The summed E-state index contributed by atoms with van der Waals surface area (Å²) in [6.45, 7) is 0.0459. The van der Waals surface area contributed by atoms with Crippen molar-refractivity contribution in [1.82, 2.24) is 5.10 Å². The van der Waals surface area contributed by atoms with Crippen molar-refractivity contribution in [2.24, 2.45) is 0 Å². The number of nitrogens with zero attached hydrogens (tertiary/aromatic N) is 2. The smallest absolute Gasteiger partial charge is 0.197 e. The SMILES string of the molecule is O=S(=O)([O-])CC[n+]1ccc(-c2ccco2)cn1. The molecule has 0 amide bonds. The van der Waals surface area contributed by atoms with E-state index in [0.29, 0.717) is 5.76 Å². The fourth-order valence-electron chi connectivity index (χ4n) is 1.31. The summed E-state index contributed by atoms with van der Waals surface area (Å²) in [6, 6.07) is 5.30. The summed E-state index contributed by atoms with van der Waals surface area (Å²) in [7, 11) is -4.21. The van der Waals surface area contributed by atoms with Crippen molar-refractivity contribution in [2.45, 2.75) is 6.54 Å². The Balaban J connectivity index is 2.09. The second kappa shape index (κ2) is 4.64. The number of hydrogen-bond acceptors (Lipinski definition) is 5. The monoisotopic (exact) mass is 254 g/mol. The second-order valence-electron chi connectivity index (χ2n) is 3.42. The highest BCUT2D eigenvalue weighted by molar-refractivity contribution is 7.85. The van der Waals surface area contributed by atoms with Crippen molar-refractivity contribution in [3.63, 3.8) is 0 Å². The molecule has 7 heteroatoms. The molecule has 0 spiro atoms. The van der Waals surface area contributed by atoms with Crippen LogP contribution in [0.1, 0.15) is 0 Å². The summed E-state index contributed by atoms with van der Waals surface area (Å²) in [4.78, 5) is 0. The minimum Gasteiger partial charge on any atom is -0.748 e. The van der Waals surface area contributed by atoms with Crippen LogP contribution in [0.2, 0.25) is 0 Å². The molecule has 0 radical (unpaired) electrons. The van der Waals surface area contributed by atoms with Crippen molar-refractivity contribution in [1.29, 1.82) is 0 Å². The van der Waals surface area contributed by atoms with Crippen molar-refractivity contribution in [2.75, 3.05) is 5.75 Å². The molecule has 90 valence electrons. The van der Waals surface area contributed by atoms with Crippen molar-refractivity contribution < 1.29 is 22.1 Å². The molecule has 0 atom stereocenters. The van der Waals surface area contributed by atoms with Gasteiger partial charge in [0.25, 0.3) is 0 Å². The highest BCUT2D eigenvalue weighted by Crippen LogP contribution is 2.16. The summed E-state index contributed by atoms with van der Waals surface area (Å²) >= 11 is 0. The van der Waals surface area contributed by atoms with E-state index in [2.05, 4.69) is 5.10 Å². The Hall–Kier alpha value is -1.73. The molecule has 0 saturated carbocycles.